The van der Waals surface area contributed by atoms with Crippen molar-refractivity contribution in [2.45, 2.75) is 39.2 Å². The van der Waals surface area contributed by atoms with Gasteiger partial charge in [-0.3, -0.25) is 9.69 Å². The summed E-state index contributed by atoms with van der Waals surface area (Å²) < 4.78 is 11.6. The molecule has 28 heavy (non-hydrogen) atoms. The molecule has 2 saturated heterocycles. The number of hydrogen-bond donors (Lipinski definition) is 1. The summed E-state index contributed by atoms with van der Waals surface area (Å²) in [5.74, 6) is 0.570. The fourth-order valence-electron chi connectivity index (χ4n) is 4.05. The van der Waals surface area contributed by atoms with Crippen LogP contribution in [0.3, 0.4) is 0 Å². The number of hydrogen-bond acceptors (Lipinski definition) is 5. The van der Waals surface area contributed by atoms with Crippen LogP contribution in [0.1, 0.15) is 43.5 Å². The molecule has 6 heteroatoms. The number of aliphatic hydroxyl groups is 1. The number of carbonyl (C=O) groups is 1. The van der Waals surface area contributed by atoms with E-state index in [0.717, 1.165) is 13.1 Å². The number of amides is 1. The lowest BCUT2D eigenvalue weighted by Gasteiger charge is -2.33. The first-order chi connectivity index (χ1) is 13.5. The van der Waals surface area contributed by atoms with Crippen LogP contribution in [0.2, 0.25) is 0 Å². The van der Waals surface area contributed by atoms with Crippen molar-refractivity contribution in [1.82, 2.24) is 9.80 Å². The van der Waals surface area contributed by atoms with Gasteiger partial charge in [0.05, 0.1) is 25.4 Å². The number of rotatable bonds is 6. The normalized spacial score (nSPS) is 26.7. The van der Waals surface area contributed by atoms with Gasteiger partial charge in [-0.2, -0.15) is 0 Å². The molecule has 0 spiro atoms. The zero-order valence-electron chi connectivity index (χ0n) is 17.2. The van der Waals surface area contributed by atoms with Crippen molar-refractivity contribution >= 4 is 5.91 Å². The highest BCUT2D eigenvalue weighted by atomic mass is 16.5. The zero-order valence-corrected chi connectivity index (χ0v) is 17.2. The number of likely N-dealkylation sites (tertiary alicyclic amines) is 1. The van der Waals surface area contributed by atoms with Crippen LogP contribution in [0.4, 0.5) is 0 Å². The second-order valence-electron chi connectivity index (χ2n) is 8.47. The third-order valence-electron chi connectivity index (χ3n) is 5.89. The van der Waals surface area contributed by atoms with E-state index in [-0.39, 0.29) is 12.5 Å². The zero-order chi connectivity index (χ0) is 20.0. The fourth-order valence-corrected chi connectivity index (χ4v) is 4.05. The van der Waals surface area contributed by atoms with Gasteiger partial charge in [0.2, 0.25) is 0 Å². The lowest BCUT2D eigenvalue weighted by molar-refractivity contribution is 0.0340. The summed E-state index contributed by atoms with van der Waals surface area (Å²) in [6, 6.07) is 8.06. The second-order valence-corrected chi connectivity index (χ2v) is 8.47. The molecule has 2 unspecified atom stereocenters. The SMILES string of the molecule is CC1CCCCN1CCOc1ccccc1C(=O)N1CCOCC(C)(CO)C1. The van der Waals surface area contributed by atoms with Gasteiger partial charge in [0.15, 0.2) is 0 Å². The molecular weight excluding hydrogens is 356 g/mol. The highest BCUT2D eigenvalue weighted by Gasteiger charge is 2.32. The second kappa shape index (κ2) is 9.72. The van der Waals surface area contributed by atoms with E-state index >= 15 is 0 Å². The van der Waals surface area contributed by atoms with Crippen LogP contribution in [0, 0.1) is 5.41 Å². The van der Waals surface area contributed by atoms with Crippen LogP contribution < -0.4 is 4.74 Å². The van der Waals surface area contributed by atoms with E-state index in [1.807, 2.05) is 31.2 Å². The summed E-state index contributed by atoms with van der Waals surface area (Å²) in [4.78, 5) is 17.4. The minimum Gasteiger partial charge on any atom is -0.491 e. The van der Waals surface area contributed by atoms with E-state index < -0.39 is 5.41 Å². The first kappa shape index (κ1) is 21.1. The van der Waals surface area contributed by atoms with E-state index in [1.54, 1.807) is 4.90 Å². The Balaban J connectivity index is 1.64. The van der Waals surface area contributed by atoms with Crippen molar-refractivity contribution in [2.75, 3.05) is 52.6 Å². The lowest BCUT2D eigenvalue weighted by atomic mass is 9.92. The van der Waals surface area contributed by atoms with E-state index in [0.29, 0.717) is 50.3 Å². The number of nitrogens with zero attached hydrogens (tertiary/aromatic N) is 2. The van der Waals surface area contributed by atoms with Gasteiger partial charge in [-0.15, -0.1) is 0 Å². The van der Waals surface area contributed by atoms with Gasteiger partial charge in [0.1, 0.15) is 12.4 Å². The number of benzene rings is 1. The van der Waals surface area contributed by atoms with Crippen LogP contribution in [0.5, 0.6) is 5.75 Å². The average Bonchev–Trinajstić information content (AvgIpc) is 2.92. The predicted molar refractivity (Wildman–Crippen MR) is 109 cm³/mol. The topological polar surface area (TPSA) is 62.2 Å². The van der Waals surface area contributed by atoms with Gasteiger partial charge in [0, 0.05) is 31.1 Å². The Morgan fingerprint density at radius 3 is 2.93 bits per heavy atom. The molecule has 1 N–H and O–H groups in total. The highest BCUT2D eigenvalue weighted by Crippen LogP contribution is 2.25. The van der Waals surface area contributed by atoms with Crippen molar-refractivity contribution in [3.05, 3.63) is 29.8 Å². The summed E-state index contributed by atoms with van der Waals surface area (Å²) >= 11 is 0. The standard InChI is InChI=1S/C22H34N2O4/c1-18-7-5-6-10-23(18)12-14-28-20-9-4-3-8-19(20)21(26)24-11-13-27-17-22(2,15-24)16-25/h3-4,8-9,18,25H,5-7,10-17H2,1-2H3. The number of aliphatic hydroxyl groups excluding tert-OH is 1. The summed E-state index contributed by atoms with van der Waals surface area (Å²) in [7, 11) is 0. The molecule has 2 fully saturated rings. The third-order valence-corrected chi connectivity index (χ3v) is 5.89. The average molecular weight is 391 g/mol. The molecule has 1 aromatic carbocycles. The minimum atomic E-state index is -0.438. The molecule has 2 atom stereocenters. The molecule has 2 heterocycles. The summed E-state index contributed by atoms with van der Waals surface area (Å²) in [5, 5.41) is 9.71. The molecule has 6 nitrogen and oxygen atoms in total. The minimum absolute atomic E-state index is 0.0110. The summed E-state index contributed by atoms with van der Waals surface area (Å²) in [5.41, 5.74) is 0.142. The van der Waals surface area contributed by atoms with Crippen molar-refractivity contribution in [3.8, 4) is 5.75 Å². The molecule has 0 saturated carbocycles. The summed E-state index contributed by atoms with van der Waals surface area (Å²) in [6.07, 6.45) is 3.80. The smallest absolute Gasteiger partial charge is 0.257 e. The first-order valence-electron chi connectivity index (χ1n) is 10.5. The van der Waals surface area contributed by atoms with Crippen molar-refractivity contribution < 1.29 is 19.4 Å². The Bertz CT molecular complexity index is 653. The van der Waals surface area contributed by atoms with Crippen LogP contribution in [0.25, 0.3) is 0 Å². The molecule has 0 aromatic heterocycles. The Hall–Kier alpha value is -1.63. The number of piperidine rings is 1. The lowest BCUT2D eigenvalue weighted by Crippen LogP contribution is -2.42. The molecule has 1 amide bonds. The Morgan fingerprint density at radius 2 is 2.14 bits per heavy atom. The molecule has 0 bridgehead atoms. The van der Waals surface area contributed by atoms with Gasteiger partial charge < -0.3 is 19.5 Å². The monoisotopic (exact) mass is 390 g/mol. The van der Waals surface area contributed by atoms with E-state index in [2.05, 4.69) is 11.8 Å². The van der Waals surface area contributed by atoms with Crippen molar-refractivity contribution in [1.29, 1.82) is 0 Å². The van der Waals surface area contributed by atoms with Gasteiger partial charge in [-0.1, -0.05) is 25.5 Å². The molecular formula is C22H34N2O4. The highest BCUT2D eigenvalue weighted by molar-refractivity contribution is 5.97. The molecule has 3 rings (SSSR count). The van der Waals surface area contributed by atoms with Crippen LogP contribution >= 0.6 is 0 Å². The number of para-hydroxylation sites is 1. The predicted octanol–water partition coefficient (Wildman–Crippen LogP) is 2.41. The molecule has 156 valence electrons. The van der Waals surface area contributed by atoms with Gasteiger partial charge in [-0.25, -0.2) is 0 Å². The Morgan fingerprint density at radius 1 is 1.32 bits per heavy atom. The van der Waals surface area contributed by atoms with E-state index in [1.165, 1.54) is 19.3 Å². The Kier molecular flexibility index (Phi) is 7.32. The molecule has 2 aliphatic heterocycles. The molecule has 1 aromatic rings. The largest absolute Gasteiger partial charge is 0.491 e. The van der Waals surface area contributed by atoms with Crippen molar-refractivity contribution in [2.24, 2.45) is 5.41 Å². The first-order valence-corrected chi connectivity index (χ1v) is 10.5. The quantitative estimate of drug-likeness (QED) is 0.808. The molecule has 0 radical (unpaired) electrons. The fraction of sp³-hybridized carbons (Fsp3) is 0.682. The Labute approximate surface area is 168 Å². The summed E-state index contributed by atoms with van der Waals surface area (Å²) in [6.45, 7) is 8.72. The van der Waals surface area contributed by atoms with Crippen molar-refractivity contribution in [3.63, 3.8) is 0 Å². The van der Waals surface area contributed by atoms with Gasteiger partial charge in [-0.05, 0) is 38.4 Å². The molecule has 0 aliphatic carbocycles. The van der Waals surface area contributed by atoms with Crippen LogP contribution in [-0.2, 0) is 4.74 Å². The van der Waals surface area contributed by atoms with E-state index in [4.69, 9.17) is 9.47 Å². The third kappa shape index (κ3) is 5.25. The van der Waals surface area contributed by atoms with Crippen LogP contribution in [-0.4, -0.2) is 79.5 Å². The van der Waals surface area contributed by atoms with Gasteiger partial charge >= 0.3 is 0 Å². The number of carbonyl (C=O) groups excluding carboxylic acids is 1. The number of ether oxygens (including phenoxy) is 2. The van der Waals surface area contributed by atoms with E-state index in [9.17, 15) is 9.90 Å². The maximum Gasteiger partial charge on any atom is 0.257 e. The van der Waals surface area contributed by atoms with Gasteiger partial charge in [0.25, 0.3) is 5.91 Å². The molecule has 2 aliphatic rings. The van der Waals surface area contributed by atoms with Crippen LogP contribution in [0.15, 0.2) is 24.3 Å². The maximum atomic E-state index is 13.2. The maximum absolute atomic E-state index is 13.2.